The zero-order valence-corrected chi connectivity index (χ0v) is 21.1. The summed E-state index contributed by atoms with van der Waals surface area (Å²) >= 11 is 8.79. The molecule has 0 fully saturated rings. The molecule has 0 radical (unpaired) electrons. The van der Waals surface area contributed by atoms with Gasteiger partial charge in [0.15, 0.2) is 5.11 Å². The highest BCUT2D eigenvalue weighted by atomic mass is 79.9. The number of para-hydroxylation sites is 1. The van der Waals surface area contributed by atoms with Crippen molar-refractivity contribution in [3.05, 3.63) is 119 Å². The van der Waals surface area contributed by atoms with Crippen molar-refractivity contribution in [2.24, 2.45) is 0 Å². The fourth-order valence-electron chi connectivity index (χ4n) is 3.25. The first-order valence-electron chi connectivity index (χ1n) is 11.0. The van der Waals surface area contributed by atoms with Crippen LogP contribution in [-0.4, -0.2) is 17.6 Å². The lowest BCUT2D eigenvalue weighted by molar-refractivity contribution is 0.0977. The third kappa shape index (κ3) is 7.40. The summed E-state index contributed by atoms with van der Waals surface area (Å²) in [5.74, 6) is 1.82. The quantitative estimate of drug-likeness (QED) is 0.233. The molecule has 0 aliphatic heterocycles. The molecule has 0 spiro atoms. The molecule has 4 aromatic rings. The topological polar surface area (TPSA) is 59.6 Å². The molecule has 4 aromatic carbocycles. The number of ether oxygens (including phenoxy) is 2. The zero-order chi connectivity index (χ0) is 24.5. The summed E-state index contributed by atoms with van der Waals surface area (Å²) in [5, 5.41) is 5.91. The van der Waals surface area contributed by atoms with Crippen molar-refractivity contribution in [2.45, 2.75) is 6.42 Å². The average molecular weight is 547 g/mol. The Labute approximate surface area is 218 Å². The number of benzene rings is 4. The predicted octanol–water partition coefficient (Wildman–Crippen LogP) is 6.99. The van der Waals surface area contributed by atoms with Crippen LogP contribution in [0.5, 0.6) is 17.2 Å². The Kier molecular flexibility index (Phi) is 8.48. The number of nitrogens with one attached hydrogen (secondary N) is 2. The number of carbonyl (C=O) groups excluding carboxylic acids is 1. The van der Waals surface area contributed by atoms with E-state index in [-0.39, 0.29) is 11.0 Å². The number of rotatable bonds is 8. The van der Waals surface area contributed by atoms with Crippen LogP contribution < -0.4 is 20.1 Å². The van der Waals surface area contributed by atoms with Crippen molar-refractivity contribution in [3.63, 3.8) is 0 Å². The molecule has 1 amide bonds. The summed E-state index contributed by atoms with van der Waals surface area (Å²) < 4.78 is 12.3. The van der Waals surface area contributed by atoms with E-state index in [9.17, 15) is 4.79 Å². The molecule has 2 N–H and O–H groups in total. The second-order valence-corrected chi connectivity index (χ2v) is 8.84. The Bertz CT molecular complexity index is 1280. The molecule has 0 saturated heterocycles. The minimum atomic E-state index is -0.317. The number of thiocarbonyl (C=S) groups is 1. The van der Waals surface area contributed by atoms with E-state index in [0.717, 1.165) is 17.9 Å². The second kappa shape index (κ2) is 12.1. The first-order valence-corrected chi connectivity index (χ1v) is 12.2. The molecule has 0 aromatic heterocycles. The lowest BCUT2D eigenvalue weighted by Crippen LogP contribution is -2.34. The number of anilines is 1. The average Bonchev–Trinajstić information content (AvgIpc) is 2.87. The maximum atomic E-state index is 12.6. The van der Waals surface area contributed by atoms with Crippen LogP contribution in [0.1, 0.15) is 15.9 Å². The van der Waals surface area contributed by atoms with Crippen molar-refractivity contribution in [2.75, 3.05) is 11.9 Å². The van der Waals surface area contributed by atoms with E-state index in [1.165, 1.54) is 5.56 Å². The highest BCUT2D eigenvalue weighted by molar-refractivity contribution is 9.10. The van der Waals surface area contributed by atoms with E-state index in [0.29, 0.717) is 28.1 Å². The summed E-state index contributed by atoms with van der Waals surface area (Å²) in [4.78, 5) is 12.6. The van der Waals surface area contributed by atoms with Crippen molar-refractivity contribution < 1.29 is 14.3 Å². The van der Waals surface area contributed by atoms with Gasteiger partial charge in [0.25, 0.3) is 5.91 Å². The number of amides is 1. The van der Waals surface area contributed by atoms with E-state index >= 15 is 0 Å². The molecule has 0 aliphatic rings. The van der Waals surface area contributed by atoms with Gasteiger partial charge < -0.3 is 14.8 Å². The Morgan fingerprint density at radius 1 is 0.829 bits per heavy atom. The third-order valence-electron chi connectivity index (χ3n) is 5.00. The van der Waals surface area contributed by atoms with E-state index in [1.54, 1.807) is 18.2 Å². The molecule has 0 unspecified atom stereocenters. The van der Waals surface area contributed by atoms with Gasteiger partial charge >= 0.3 is 0 Å². The van der Waals surface area contributed by atoms with E-state index < -0.39 is 0 Å². The monoisotopic (exact) mass is 546 g/mol. The van der Waals surface area contributed by atoms with Gasteiger partial charge in [-0.25, -0.2) is 0 Å². The lowest BCUT2D eigenvalue weighted by atomic mass is 10.2. The van der Waals surface area contributed by atoms with Crippen LogP contribution in [-0.2, 0) is 6.42 Å². The van der Waals surface area contributed by atoms with Crippen LogP contribution >= 0.6 is 28.1 Å². The van der Waals surface area contributed by atoms with Crippen molar-refractivity contribution in [3.8, 4) is 17.2 Å². The minimum absolute atomic E-state index is 0.200. The van der Waals surface area contributed by atoms with Crippen LogP contribution in [0, 0.1) is 0 Å². The molecule has 7 heteroatoms. The number of halogens is 1. The summed E-state index contributed by atoms with van der Waals surface area (Å²) in [5.41, 5.74) is 2.40. The van der Waals surface area contributed by atoms with Gasteiger partial charge in [-0.15, -0.1) is 0 Å². The third-order valence-corrected chi connectivity index (χ3v) is 5.83. The molecule has 0 bridgehead atoms. The van der Waals surface area contributed by atoms with Crippen LogP contribution in [0.15, 0.2) is 108 Å². The van der Waals surface area contributed by atoms with Crippen LogP contribution in [0.2, 0.25) is 0 Å². The summed E-state index contributed by atoms with van der Waals surface area (Å²) in [6, 6.07) is 32.2. The van der Waals surface area contributed by atoms with Gasteiger partial charge in [-0.1, -0.05) is 48.5 Å². The van der Waals surface area contributed by atoms with Crippen LogP contribution in [0.3, 0.4) is 0 Å². The zero-order valence-electron chi connectivity index (χ0n) is 18.7. The van der Waals surface area contributed by atoms with Crippen molar-refractivity contribution in [1.82, 2.24) is 5.32 Å². The van der Waals surface area contributed by atoms with E-state index in [1.807, 2.05) is 72.8 Å². The Morgan fingerprint density at radius 3 is 2.17 bits per heavy atom. The minimum Gasteiger partial charge on any atom is -0.492 e. The molecule has 0 saturated carbocycles. The maximum absolute atomic E-state index is 12.6. The van der Waals surface area contributed by atoms with E-state index in [4.69, 9.17) is 21.7 Å². The van der Waals surface area contributed by atoms with Crippen molar-refractivity contribution in [1.29, 1.82) is 0 Å². The van der Waals surface area contributed by atoms with Gasteiger partial charge in [-0.3, -0.25) is 10.1 Å². The molecular weight excluding hydrogens is 524 g/mol. The predicted molar refractivity (Wildman–Crippen MR) is 146 cm³/mol. The SMILES string of the molecule is O=C(NC(=S)Nc1ccc(Oc2ccccc2)cc1)c1ccc(OCCc2ccccc2)c(Br)c1. The highest BCUT2D eigenvalue weighted by Crippen LogP contribution is 2.26. The maximum Gasteiger partial charge on any atom is 0.257 e. The fraction of sp³-hybridized carbons (Fsp3) is 0.0714. The summed E-state index contributed by atoms with van der Waals surface area (Å²) in [6.07, 6.45) is 0.800. The lowest BCUT2D eigenvalue weighted by Gasteiger charge is -2.12. The van der Waals surface area contributed by atoms with Crippen molar-refractivity contribution >= 4 is 44.9 Å². The molecule has 0 atom stereocenters. The molecule has 5 nitrogen and oxygen atoms in total. The fourth-order valence-corrected chi connectivity index (χ4v) is 3.96. The number of hydrogen-bond acceptors (Lipinski definition) is 4. The normalized spacial score (nSPS) is 10.3. The molecular formula is C28H23BrN2O3S. The van der Waals surface area contributed by atoms with Gasteiger partial charge in [0.05, 0.1) is 11.1 Å². The largest absolute Gasteiger partial charge is 0.492 e. The Hall–Kier alpha value is -3.68. The van der Waals surface area contributed by atoms with Gasteiger partial charge in [0.2, 0.25) is 0 Å². The number of hydrogen-bond donors (Lipinski definition) is 2. The number of carbonyl (C=O) groups is 1. The molecule has 0 aliphatic carbocycles. The van der Waals surface area contributed by atoms with Gasteiger partial charge in [-0.2, -0.15) is 0 Å². The summed E-state index contributed by atoms with van der Waals surface area (Å²) in [6.45, 7) is 0.539. The standard InChI is InChI=1S/C28H23BrN2O3S/c29-25-19-21(11-16-26(25)33-18-17-20-7-3-1-4-8-20)27(32)31-28(35)30-22-12-14-24(15-13-22)34-23-9-5-2-6-10-23/h1-16,19H,17-18H2,(H2,30,31,32,35). The Balaban J connectivity index is 1.27. The highest BCUT2D eigenvalue weighted by Gasteiger charge is 2.11. The molecule has 4 rings (SSSR count). The molecule has 176 valence electrons. The Morgan fingerprint density at radius 2 is 1.49 bits per heavy atom. The first kappa shape index (κ1) is 24.4. The van der Waals surface area contributed by atoms with Gasteiger partial charge in [0.1, 0.15) is 17.2 Å². The molecule has 0 heterocycles. The van der Waals surface area contributed by atoms with Gasteiger partial charge in [0, 0.05) is 17.7 Å². The smallest absolute Gasteiger partial charge is 0.257 e. The molecule has 35 heavy (non-hydrogen) atoms. The first-order chi connectivity index (χ1) is 17.1. The summed E-state index contributed by atoms with van der Waals surface area (Å²) in [7, 11) is 0. The van der Waals surface area contributed by atoms with E-state index in [2.05, 4.69) is 38.7 Å². The van der Waals surface area contributed by atoms with Gasteiger partial charge in [-0.05, 0) is 88.3 Å². The second-order valence-electron chi connectivity index (χ2n) is 7.58. The van der Waals surface area contributed by atoms with Crippen LogP contribution in [0.25, 0.3) is 0 Å². The van der Waals surface area contributed by atoms with Crippen LogP contribution in [0.4, 0.5) is 5.69 Å².